The van der Waals surface area contributed by atoms with Crippen LogP contribution in [-0.2, 0) is 0 Å². The number of likely N-dealkylation sites (N-methyl/N-ethyl adjacent to an activating group) is 1. The zero-order valence-corrected chi connectivity index (χ0v) is 17.3. The Labute approximate surface area is 164 Å². The second-order valence-corrected chi connectivity index (χ2v) is 8.27. The Balaban J connectivity index is 2.08. The number of hydrogen-bond donors (Lipinski definition) is 1. The number of anilines is 2. The SMILES string of the molecule is Cc1nc2c3c(nc(=O)n2I)N2C(C)CN(C)CC2CCNc3c1Cl. The van der Waals surface area contributed by atoms with Crippen molar-refractivity contribution in [1.82, 2.24) is 17.6 Å². The van der Waals surface area contributed by atoms with Crippen LogP contribution < -0.4 is 15.9 Å². The Morgan fingerprint density at radius 1 is 1.32 bits per heavy atom. The van der Waals surface area contributed by atoms with E-state index in [2.05, 4.69) is 39.1 Å². The van der Waals surface area contributed by atoms with Crippen LogP contribution in [0.3, 0.4) is 0 Å². The second-order valence-electron chi connectivity index (χ2n) is 6.93. The number of nitrogens with one attached hydrogen (secondary N) is 1. The van der Waals surface area contributed by atoms with Crippen LogP contribution >= 0.6 is 34.5 Å². The van der Waals surface area contributed by atoms with Gasteiger partial charge >= 0.3 is 5.69 Å². The molecule has 0 spiro atoms. The van der Waals surface area contributed by atoms with E-state index in [-0.39, 0.29) is 11.7 Å². The maximum Gasteiger partial charge on any atom is 0.360 e. The van der Waals surface area contributed by atoms with E-state index < -0.39 is 0 Å². The van der Waals surface area contributed by atoms with Crippen LogP contribution in [-0.4, -0.2) is 56.4 Å². The van der Waals surface area contributed by atoms with Crippen LogP contribution in [0.1, 0.15) is 19.0 Å². The molecule has 0 bridgehead atoms. The molecule has 4 rings (SSSR count). The molecule has 0 aromatic carbocycles. The Morgan fingerprint density at radius 3 is 2.84 bits per heavy atom. The number of aryl methyl sites for hydroxylation is 1. The Bertz CT molecular complexity index is 916. The van der Waals surface area contributed by atoms with Crippen molar-refractivity contribution in [2.75, 3.05) is 36.9 Å². The minimum Gasteiger partial charge on any atom is -0.383 e. The lowest BCUT2D eigenvalue weighted by molar-refractivity contribution is 0.227. The number of aromatic nitrogens is 3. The van der Waals surface area contributed by atoms with Gasteiger partial charge in [-0.15, -0.1) is 0 Å². The number of piperazine rings is 1. The average Bonchev–Trinajstić information content (AvgIpc) is 2.53. The van der Waals surface area contributed by atoms with Crippen LogP contribution in [0.15, 0.2) is 4.79 Å². The Kier molecular flexibility index (Phi) is 4.32. The van der Waals surface area contributed by atoms with Crippen molar-refractivity contribution in [3.63, 3.8) is 0 Å². The Morgan fingerprint density at radius 2 is 2.08 bits per heavy atom. The first-order valence-electron chi connectivity index (χ1n) is 8.38. The molecule has 2 aliphatic heterocycles. The molecule has 4 heterocycles. The number of fused-ring (bicyclic) bond motifs is 2. The van der Waals surface area contributed by atoms with Gasteiger partial charge < -0.3 is 15.1 Å². The van der Waals surface area contributed by atoms with Gasteiger partial charge in [0.15, 0.2) is 5.65 Å². The zero-order chi connectivity index (χ0) is 17.9. The van der Waals surface area contributed by atoms with Gasteiger partial charge in [0.05, 0.1) is 44.7 Å². The first-order chi connectivity index (χ1) is 11.9. The van der Waals surface area contributed by atoms with E-state index >= 15 is 0 Å². The van der Waals surface area contributed by atoms with Crippen molar-refractivity contribution in [1.29, 1.82) is 0 Å². The van der Waals surface area contributed by atoms with Gasteiger partial charge in [-0.2, -0.15) is 4.98 Å². The fraction of sp³-hybridized carbons (Fsp3) is 0.562. The van der Waals surface area contributed by atoms with E-state index in [9.17, 15) is 4.79 Å². The molecule has 0 amide bonds. The third kappa shape index (κ3) is 2.69. The normalized spacial score (nSPS) is 23.8. The lowest BCUT2D eigenvalue weighted by Crippen LogP contribution is -2.58. The van der Waals surface area contributed by atoms with Crippen molar-refractivity contribution >= 4 is 57.0 Å². The highest BCUT2D eigenvalue weighted by Gasteiger charge is 2.35. The van der Waals surface area contributed by atoms with Crippen molar-refractivity contribution in [2.45, 2.75) is 32.4 Å². The third-order valence-corrected chi connectivity index (χ3v) is 6.39. The predicted molar refractivity (Wildman–Crippen MR) is 109 cm³/mol. The second kappa shape index (κ2) is 6.24. The molecule has 134 valence electrons. The molecule has 1 saturated heterocycles. The molecule has 7 nitrogen and oxygen atoms in total. The average molecular weight is 475 g/mol. The fourth-order valence-corrected chi connectivity index (χ4v) is 4.71. The quantitative estimate of drug-likeness (QED) is 0.591. The highest BCUT2D eigenvalue weighted by Crippen LogP contribution is 2.40. The summed E-state index contributed by atoms with van der Waals surface area (Å²) in [5, 5.41) is 4.91. The zero-order valence-electron chi connectivity index (χ0n) is 14.4. The maximum atomic E-state index is 12.5. The highest BCUT2D eigenvalue weighted by atomic mass is 127. The topological polar surface area (TPSA) is 66.3 Å². The fourth-order valence-electron chi connectivity index (χ4n) is 4.05. The molecule has 0 saturated carbocycles. The van der Waals surface area contributed by atoms with Gasteiger partial charge in [0.2, 0.25) is 0 Å². The lowest BCUT2D eigenvalue weighted by Gasteiger charge is -2.46. The molecule has 0 radical (unpaired) electrons. The largest absolute Gasteiger partial charge is 0.383 e. The highest BCUT2D eigenvalue weighted by molar-refractivity contribution is 14.1. The van der Waals surface area contributed by atoms with Crippen molar-refractivity contribution in [3.05, 3.63) is 21.2 Å². The summed E-state index contributed by atoms with van der Waals surface area (Å²) in [5.41, 5.74) is 1.87. The Hall–Kier alpha value is -1.13. The van der Waals surface area contributed by atoms with Crippen molar-refractivity contribution in [3.8, 4) is 0 Å². The number of hydrogen-bond acceptors (Lipinski definition) is 6. The summed E-state index contributed by atoms with van der Waals surface area (Å²) in [6.07, 6.45) is 0.961. The van der Waals surface area contributed by atoms with Gasteiger partial charge in [-0.05, 0) is 27.3 Å². The molecule has 2 aliphatic rings. The summed E-state index contributed by atoms with van der Waals surface area (Å²) in [7, 11) is 2.14. The van der Waals surface area contributed by atoms with Crippen LogP contribution in [0.25, 0.3) is 11.0 Å². The number of pyridine rings is 1. The molecule has 1 N–H and O–H groups in total. The smallest absolute Gasteiger partial charge is 0.360 e. The number of nitrogens with zero attached hydrogens (tertiary/aromatic N) is 5. The molecule has 2 atom stereocenters. The van der Waals surface area contributed by atoms with Gasteiger partial charge in [0.1, 0.15) is 5.82 Å². The summed E-state index contributed by atoms with van der Waals surface area (Å²) in [4.78, 5) is 26.2. The third-order valence-electron chi connectivity index (χ3n) is 5.05. The summed E-state index contributed by atoms with van der Waals surface area (Å²) in [6.45, 7) is 6.75. The molecule has 2 aromatic heterocycles. The van der Waals surface area contributed by atoms with Crippen LogP contribution in [0.5, 0.6) is 0 Å². The van der Waals surface area contributed by atoms with Gasteiger partial charge in [-0.1, -0.05) is 11.6 Å². The summed E-state index contributed by atoms with van der Waals surface area (Å²) in [6, 6.07) is 0.560. The summed E-state index contributed by atoms with van der Waals surface area (Å²) in [5.74, 6) is 0.704. The minimum absolute atomic E-state index is 0.259. The van der Waals surface area contributed by atoms with Gasteiger partial charge in [-0.25, -0.2) is 12.6 Å². The molecule has 2 unspecified atom stereocenters. The molecule has 9 heteroatoms. The number of rotatable bonds is 0. The van der Waals surface area contributed by atoms with E-state index in [0.717, 1.165) is 37.1 Å². The summed E-state index contributed by atoms with van der Waals surface area (Å²) < 4.78 is 1.47. The van der Waals surface area contributed by atoms with E-state index in [1.165, 1.54) is 2.78 Å². The van der Waals surface area contributed by atoms with Crippen LogP contribution in [0.2, 0.25) is 5.02 Å². The lowest BCUT2D eigenvalue weighted by atomic mass is 10.0. The van der Waals surface area contributed by atoms with Crippen LogP contribution in [0.4, 0.5) is 11.5 Å². The monoisotopic (exact) mass is 474 g/mol. The first kappa shape index (κ1) is 17.3. The van der Waals surface area contributed by atoms with Crippen molar-refractivity contribution in [2.24, 2.45) is 0 Å². The summed E-state index contributed by atoms with van der Waals surface area (Å²) >= 11 is 8.53. The van der Waals surface area contributed by atoms with Crippen LogP contribution in [0, 0.1) is 6.92 Å². The van der Waals surface area contributed by atoms with Gasteiger partial charge in [0.25, 0.3) is 0 Å². The van der Waals surface area contributed by atoms with E-state index in [1.807, 2.05) is 29.8 Å². The van der Waals surface area contributed by atoms with Gasteiger partial charge in [-0.3, -0.25) is 0 Å². The molecule has 2 aromatic rings. The molecule has 25 heavy (non-hydrogen) atoms. The predicted octanol–water partition coefficient (Wildman–Crippen LogP) is 2.28. The standard InChI is InChI=1S/C16H20ClIN6O/c1-8-6-22(3)7-10-4-5-19-13-11-14(23(8)10)21-16(25)24(18)15(11)20-9(2)12(13)17/h8,10,19H,4-7H2,1-3H3. The minimum atomic E-state index is -0.297. The molecular weight excluding hydrogens is 455 g/mol. The molecule has 0 aliphatic carbocycles. The molecule has 1 fully saturated rings. The molecular formula is C16H20ClIN6O. The van der Waals surface area contributed by atoms with E-state index in [0.29, 0.717) is 28.2 Å². The maximum absolute atomic E-state index is 12.5. The number of halogens is 2. The first-order valence-corrected chi connectivity index (χ1v) is 9.72. The van der Waals surface area contributed by atoms with Gasteiger partial charge in [0, 0.05) is 31.7 Å². The van der Waals surface area contributed by atoms with Crippen molar-refractivity contribution < 1.29 is 0 Å². The van der Waals surface area contributed by atoms with E-state index in [4.69, 9.17) is 11.6 Å². The van der Waals surface area contributed by atoms with E-state index in [1.54, 1.807) is 0 Å².